The Kier molecular flexibility index (Phi) is 4.59. The molecule has 5 heteroatoms. The summed E-state index contributed by atoms with van der Waals surface area (Å²) in [6, 6.07) is 0. The molecule has 0 saturated carbocycles. The molecular formula is C16H27N3O2. The third-order valence-electron chi connectivity index (χ3n) is 3.70. The predicted molar refractivity (Wildman–Crippen MR) is 82.5 cm³/mol. The van der Waals surface area contributed by atoms with Gasteiger partial charge in [0, 0.05) is 30.9 Å². The molecule has 1 aromatic heterocycles. The Hall–Kier alpha value is -1.52. The zero-order chi connectivity index (χ0) is 15.6. The average Bonchev–Trinajstić information content (AvgIpc) is 2.86. The first kappa shape index (κ1) is 15.9. The van der Waals surface area contributed by atoms with E-state index in [0.29, 0.717) is 12.5 Å². The highest BCUT2D eigenvalue weighted by Gasteiger charge is 2.29. The summed E-state index contributed by atoms with van der Waals surface area (Å²) >= 11 is 0. The van der Waals surface area contributed by atoms with E-state index in [1.807, 2.05) is 27.0 Å². The Bertz CT molecular complexity index is 488. The third kappa shape index (κ3) is 4.22. The summed E-state index contributed by atoms with van der Waals surface area (Å²) in [6.07, 6.45) is 3.74. The number of likely N-dealkylation sites (tertiary alicyclic amines) is 1. The molecule has 0 aromatic carbocycles. The largest absolute Gasteiger partial charge is 0.444 e. The average molecular weight is 293 g/mol. The number of H-pyrrole nitrogens is 1. The molecule has 0 bridgehead atoms. The second-order valence-electron chi connectivity index (χ2n) is 7.14. The fraction of sp³-hybridized carbons (Fsp3) is 0.750. The van der Waals surface area contributed by atoms with E-state index >= 15 is 0 Å². The van der Waals surface area contributed by atoms with Gasteiger partial charge in [-0.05, 0) is 39.5 Å². The summed E-state index contributed by atoms with van der Waals surface area (Å²) in [5, 5.41) is 0. The van der Waals surface area contributed by atoms with E-state index in [9.17, 15) is 4.79 Å². The summed E-state index contributed by atoms with van der Waals surface area (Å²) < 4.78 is 5.46. The second kappa shape index (κ2) is 6.08. The topological polar surface area (TPSA) is 58.2 Å². The highest BCUT2D eigenvalue weighted by Crippen LogP contribution is 2.27. The number of amides is 1. The first-order chi connectivity index (χ1) is 9.76. The molecule has 2 rings (SSSR count). The summed E-state index contributed by atoms with van der Waals surface area (Å²) in [5.41, 5.74) is 0.707. The Balaban J connectivity index is 2.01. The molecule has 2 heterocycles. The first-order valence-electron chi connectivity index (χ1n) is 7.79. The molecule has 1 unspecified atom stereocenters. The van der Waals surface area contributed by atoms with Crippen molar-refractivity contribution in [2.24, 2.45) is 0 Å². The van der Waals surface area contributed by atoms with Gasteiger partial charge in [-0.2, -0.15) is 0 Å². The van der Waals surface area contributed by atoms with Crippen LogP contribution in [0.1, 0.15) is 70.8 Å². The molecule has 5 nitrogen and oxygen atoms in total. The molecule has 1 fully saturated rings. The van der Waals surface area contributed by atoms with Gasteiger partial charge < -0.3 is 14.6 Å². The van der Waals surface area contributed by atoms with Crippen LogP contribution in [0.3, 0.4) is 0 Å². The molecule has 1 amide bonds. The lowest BCUT2D eigenvalue weighted by atomic mass is 9.98. The quantitative estimate of drug-likeness (QED) is 0.905. The van der Waals surface area contributed by atoms with E-state index in [1.165, 1.54) is 0 Å². The number of rotatable bonds is 2. The van der Waals surface area contributed by atoms with Crippen LogP contribution in [0, 0.1) is 0 Å². The Morgan fingerprint density at radius 3 is 2.76 bits per heavy atom. The number of aromatic nitrogens is 2. The Morgan fingerprint density at radius 1 is 1.48 bits per heavy atom. The highest BCUT2D eigenvalue weighted by atomic mass is 16.6. The monoisotopic (exact) mass is 293 g/mol. The van der Waals surface area contributed by atoms with Crippen molar-refractivity contribution in [1.82, 2.24) is 14.9 Å². The molecule has 1 N–H and O–H groups in total. The third-order valence-corrected chi connectivity index (χ3v) is 3.70. The minimum absolute atomic E-state index is 0.220. The summed E-state index contributed by atoms with van der Waals surface area (Å²) in [7, 11) is 0. The van der Waals surface area contributed by atoms with Crippen LogP contribution in [-0.4, -0.2) is 39.7 Å². The van der Waals surface area contributed by atoms with Crippen LogP contribution in [0.4, 0.5) is 4.79 Å². The van der Waals surface area contributed by atoms with Crippen LogP contribution in [-0.2, 0) is 4.74 Å². The standard InChI is InChI=1S/C16H27N3O2/c1-11(2)13-9-17-14(18-13)12-7-6-8-19(10-12)15(20)21-16(3,4)5/h9,11-12H,6-8,10H2,1-5H3,(H,17,18). The Morgan fingerprint density at radius 2 is 2.19 bits per heavy atom. The van der Waals surface area contributed by atoms with Gasteiger partial charge in [-0.3, -0.25) is 0 Å². The number of carbonyl (C=O) groups is 1. The van der Waals surface area contributed by atoms with Crippen molar-refractivity contribution in [3.8, 4) is 0 Å². The van der Waals surface area contributed by atoms with Crippen molar-refractivity contribution in [1.29, 1.82) is 0 Å². The van der Waals surface area contributed by atoms with Gasteiger partial charge in [0.25, 0.3) is 0 Å². The Labute approximate surface area is 127 Å². The molecular weight excluding hydrogens is 266 g/mol. The highest BCUT2D eigenvalue weighted by molar-refractivity contribution is 5.68. The zero-order valence-corrected chi connectivity index (χ0v) is 13.8. The normalized spacial score (nSPS) is 19.9. The van der Waals surface area contributed by atoms with Gasteiger partial charge in [0.2, 0.25) is 0 Å². The number of nitrogens with zero attached hydrogens (tertiary/aromatic N) is 2. The van der Waals surface area contributed by atoms with Crippen molar-refractivity contribution in [2.75, 3.05) is 13.1 Å². The molecule has 0 spiro atoms. The van der Waals surface area contributed by atoms with Crippen LogP contribution in [0.2, 0.25) is 0 Å². The number of nitrogens with one attached hydrogen (secondary N) is 1. The minimum atomic E-state index is -0.445. The van der Waals surface area contributed by atoms with Gasteiger partial charge >= 0.3 is 6.09 Å². The van der Waals surface area contributed by atoms with Crippen LogP contribution in [0.5, 0.6) is 0 Å². The molecule has 1 aromatic rings. The van der Waals surface area contributed by atoms with Gasteiger partial charge in [0.15, 0.2) is 0 Å². The van der Waals surface area contributed by atoms with E-state index in [2.05, 4.69) is 23.8 Å². The maximum Gasteiger partial charge on any atom is 0.410 e. The van der Waals surface area contributed by atoms with Gasteiger partial charge in [0.1, 0.15) is 11.4 Å². The summed E-state index contributed by atoms with van der Waals surface area (Å²) in [6.45, 7) is 11.4. The lowest BCUT2D eigenvalue weighted by Crippen LogP contribution is -2.42. The van der Waals surface area contributed by atoms with Crippen molar-refractivity contribution in [3.63, 3.8) is 0 Å². The zero-order valence-electron chi connectivity index (χ0n) is 13.8. The fourth-order valence-corrected chi connectivity index (χ4v) is 2.55. The SMILES string of the molecule is CC(C)c1cnc(C2CCCN(C(=O)OC(C)(C)C)C2)[nH]1. The number of carbonyl (C=O) groups excluding carboxylic acids is 1. The first-order valence-corrected chi connectivity index (χ1v) is 7.79. The second-order valence-corrected chi connectivity index (χ2v) is 7.14. The van der Waals surface area contributed by atoms with E-state index < -0.39 is 5.60 Å². The van der Waals surface area contributed by atoms with E-state index in [-0.39, 0.29) is 12.0 Å². The molecule has 0 radical (unpaired) electrons. The number of aromatic amines is 1. The van der Waals surface area contributed by atoms with Crippen LogP contribution in [0.25, 0.3) is 0 Å². The number of ether oxygens (including phenoxy) is 1. The van der Waals surface area contributed by atoms with Crippen molar-refractivity contribution >= 4 is 6.09 Å². The molecule has 1 saturated heterocycles. The van der Waals surface area contributed by atoms with Crippen molar-refractivity contribution in [2.45, 2.75) is 64.9 Å². The van der Waals surface area contributed by atoms with Crippen LogP contribution in [0.15, 0.2) is 6.20 Å². The number of piperidine rings is 1. The van der Waals surface area contributed by atoms with Crippen molar-refractivity contribution < 1.29 is 9.53 Å². The maximum atomic E-state index is 12.2. The number of hydrogen-bond acceptors (Lipinski definition) is 3. The fourth-order valence-electron chi connectivity index (χ4n) is 2.55. The molecule has 21 heavy (non-hydrogen) atoms. The lowest BCUT2D eigenvalue weighted by Gasteiger charge is -2.33. The summed E-state index contributed by atoms with van der Waals surface area (Å²) in [4.78, 5) is 21.9. The molecule has 1 aliphatic heterocycles. The minimum Gasteiger partial charge on any atom is -0.444 e. The summed E-state index contributed by atoms with van der Waals surface area (Å²) in [5.74, 6) is 1.71. The van der Waals surface area contributed by atoms with Gasteiger partial charge in [-0.15, -0.1) is 0 Å². The van der Waals surface area contributed by atoms with E-state index in [4.69, 9.17) is 4.74 Å². The van der Waals surface area contributed by atoms with Gasteiger partial charge in [-0.1, -0.05) is 13.8 Å². The molecule has 0 aliphatic carbocycles. The molecule has 1 aliphatic rings. The van der Waals surface area contributed by atoms with Crippen LogP contribution < -0.4 is 0 Å². The lowest BCUT2D eigenvalue weighted by molar-refractivity contribution is 0.0196. The van der Waals surface area contributed by atoms with Gasteiger partial charge in [-0.25, -0.2) is 9.78 Å². The van der Waals surface area contributed by atoms with E-state index in [1.54, 1.807) is 4.90 Å². The van der Waals surface area contributed by atoms with Crippen LogP contribution >= 0.6 is 0 Å². The predicted octanol–water partition coefficient (Wildman–Crippen LogP) is 3.65. The maximum absolute atomic E-state index is 12.2. The molecule has 1 atom stereocenters. The number of hydrogen-bond donors (Lipinski definition) is 1. The smallest absolute Gasteiger partial charge is 0.410 e. The van der Waals surface area contributed by atoms with Crippen molar-refractivity contribution in [3.05, 3.63) is 17.7 Å². The number of imidazole rings is 1. The molecule has 118 valence electrons. The van der Waals surface area contributed by atoms with Gasteiger partial charge in [0.05, 0.1) is 0 Å². The van der Waals surface area contributed by atoms with E-state index in [0.717, 1.165) is 30.9 Å².